The maximum atomic E-state index is 5.32. The lowest BCUT2D eigenvalue weighted by Gasteiger charge is -2.14. The summed E-state index contributed by atoms with van der Waals surface area (Å²) in [6.07, 6.45) is 0. The average Bonchev–Trinajstić information content (AvgIpc) is 3.22. The van der Waals surface area contributed by atoms with Crippen molar-refractivity contribution in [3.63, 3.8) is 0 Å². The van der Waals surface area contributed by atoms with E-state index < -0.39 is 0 Å². The van der Waals surface area contributed by atoms with Gasteiger partial charge in [-0.2, -0.15) is 0 Å². The van der Waals surface area contributed by atoms with Gasteiger partial charge in [0.05, 0.1) is 33.8 Å². The van der Waals surface area contributed by atoms with E-state index in [2.05, 4.69) is 176 Å². The molecule has 52 heavy (non-hydrogen) atoms. The van der Waals surface area contributed by atoms with E-state index in [0.717, 1.165) is 78.0 Å². The van der Waals surface area contributed by atoms with Crippen LogP contribution in [0.4, 0.5) is 0 Å². The number of pyridine rings is 3. The molecule has 3 heterocycles. The Morgan fingerprint density at radius 2 is 0.596 bits per heavy atom. The Morgan fingerprint density at radius 1 is 0.212 bits per heavy atom. The molecule has 242 valence electrons. The van der Waals surface area contributed by atoms with Crippen LogP contribution in [0.15, 0.2) is 188 Å². The SMILES string of the molecule is c1ccc2cc(-c3cc(-c4cc(-c5ccc6ccccc6n5)cc(-c5ccc6ccccc6n5)c4)cc(-c4ccc5ccccc5c4)n3)ccc2c1. The van der Waals surface area contributed by atoms with E-state index in [1.165, 1.54) is 21.5 Å². The molecule has 0 aliphatic rings. The van der Waals surface area contributed by atoms with Crippen molar-refractivity contribution < 1.29 is 0 Å². The van der Waals surface area contributed by atoms with Crippen LogP contribution < -0.4 is 0 Å². The summed E-state index contributed by atoms with van der Waals surface area (Å²) in [6, 6.07) is 66.4. The quantitative estimate of drug-likeness (QED) is 0.184. The first-order valence-electron chi connectivity index (χ1n) is 17.6. The van der Waals surface area contributed by atoms with Crippen molar-refractivity contribution in [2.45, 2.75) is 0 Å². The molecule has 10 rings (SSSR count). The Kier molecular flexibility index (Phi) is 7.14. The predicted molar refractivity (Wildman–Crippen MR) is 217 cm³/mol. The Morgan fingerprint density at radius 3 is 1.10 bits per heavy atom. The molecular formula is C49H31N3. The highest BCUT2D eigenvalue weighted by molar-refractivity contribution is 5.91. The largest absolute Gasteiger partial charge is 0.248 e. The average molecular weight is 662 g/mol. The third-order valence-electron chi connectivity index (χ3n) is 9.97. The summed E-state index contributed by atoms with van der Waals surface area (Å²) in [5.74, 6) is 0. The maximum Gasteiger partial charge on any atom is 0.0715 e. The van der Waals surface area contributed by atoms with Crippen molar-refractivity contribution >= 4 is 43.4 Å². The third kappa shape index (κ3) is 5.55. The van der Waals surface area contributed by atoms with Gasteiger partial charge in [0.1, 0.15) is 0 Å². The van der Waals surface area contributed by atoms with Crippen LogP contribution in [0.25, 0.3) is 99.5 Å². The van der Waals surface area contributed by atoms with Gasteiger partial charge in [-0.15, -0.1) is 0 Å². The number of para-hydroxylation sites is 2. The molecule has 0 unspecified atom stereocenters. The fourth-order valence-corrected chi connectivity index (χ4v) is 7.23. The van der Waals surface area contributed by atoms with Gasteiger partial charge in [0.2, 0.25) is 0 Å². The van der Waals surface area contributed by atoms with Crippen molar-refractivity contribution in [2.24, 2.45) is 0 Å². The van der Waals surface area contributed by atoms with E-state index in [1.54, 1.807) is 0 Å². The molecule has 0 radical (unpaired) electrons. The van der Waals surface area contributed by atoms with E-state index in [1.807, 2.05) is 12.1 Å². The fourth-order valence-electron chi connectivity index (χ4n) is 7.23. The maximum absolute atomic E-state index is 5.32. The van der Waals surface area contributed by atoms with Crippen molar-refractivity contribution in [3.8, 4) is 56.2 Å². The second-order valence-corrected chi connectivity index (χ2v) is 13.3. The van der Waals surface area contributed by atoms with Gasteiger partial charge in [0.15, 0.2) is 0 Å². The van der Waals surface area contributed by atoms with Gasteiger partial charge >= 0.3 is 0 Å². The monoisotopic (exact) mass is 661 g/mol. The second-order valence-electron chi connectivity index (χ2n) is 13.3. The zero-order valence-electron chi connectivity index (χ0n) is 28.2. The summed E-state index contributed by atoms with van der Waals surface area (Å²) >= 11 is 0. The minimum Gasteiger partial charge on any atom is -0.248 e. The van der Waals surface area contributed by atoms with Gasteiger partial charge < -0.3 is 0 Å². The molecule has 0 N–H and O–H groups in total. The van der Waals surface area contributed by atoms with Gasteiger partial charge in [0, 0.05) is 33.0 Å². The third-order valence-corrected chi connectivity index (χ3v) is 9.97. The number of benzene rings is 7. The van der Waals surface area contributed by atoms with Crippen LogP contribution in [-0.4, -0.2) is 15.0 Å². The molecule has 0 bridgehead atoms. The highest BCUT2D eigenvalue weighted by atomic mass is 14.7. The van der Waals surface area contributed by atoms with Crippen LogP contribution in [0.1, 0.15) is 0 Å². The van der Waals surface area contributed by atoms with E-state index in [9.17, 15) is 0 Å². The first-order chi connectivity index (χ1) is 25.7. The van der Waals surface area contributed by atoms with Crippen LogP contribution in [0.5, 0.6) is 0 Å². The number of fused-ring (bicyclic) bond motifs is 4. The lowest BCUT2D eigenvalue weighted by molar-refractivity contribution is 1.32. The standard InChI is InChI=1S/C49H31N3/c1-3-13-36-25-38(19-17-32(36)9-1)48-30-41(31-49(52-48)39-20-18-33-10-2-4-14-37(33)26-39)40-27-42(46-23-21-34-11-5-7-15-44(34)50-46)29-43(28-40)47-24-22-35-12-6-8-16-45(35)51-47/h1-31H. The summed E-state index contributed by atoms with van der Waals surface area (Å²) in [6.45, 7) is 0. The zero-order chi connectivity index (χ0) is 34.4. The summed E-state index contributed by atoms with van der Waals surface area (Å²) in [5, 5.41) is 7.03. The highest BCUT2D eigenvalue weighted by Gasteiger charge is 2.15. The van der Waals surface area contributed by atoms with Crippen LogP contribution in [0.2, 0.25) is 0 Å². The molecule has 0 saturated heterocycles. The molecule has 0 amide bonds. The number of hydrogen-bond acceptors (Lipinski definition) is 3. The second kappa shape index (κ2) is 12.4. The Labute approximate surface area is 301 Å². The molecule has 0 aliphatic heterocycles. The Bertz CT molecular complexity index is 2580. The lowest BCUT2D eigenvalue weighted by atomic mass is 9.94. The van der Waals surface area contributed by atoms with Crippen LogP contribution in [-0.2, 0) is 0 Å². The molecule has 0 spiro atoms. The van der Waals surface area contributed by atoms with Gasteiger partial charge in [-0.25, -0.2) is 15.0 Å². The lowest BCUT2D eigenvalue weighted by Crippen LogP contribution is -1.94. The molecule has 3 nitrogen and oxygen atoms in total. The summed E-state index contributed by atoms with van der Waals surface area (Å²) in [7, 11) is 0. The van der Waals surface area contributed by atoms with Gasteiger partial charge in [-0.1, -0.05) is 121 Å². The fraction of sp³-hybridized carbons (Fsp3) is 0. The first-order valence-corrected chi connectivity index (χ1v) is 17.6. The van der Waals surface area contributed by atoms with Crippen molar-refractivity contribution in [1.29, 1.82) is 0 Å². The molecule has 7 aromatic carbocycles. The minimum absolute atomic E-state index is 0.918. The van der Waals surface area contributed by atoms with Crippen molar-refractivity contribution in [1.82, 2.24) is 15.0 Å². The number of hydrogen-bond donors (Lipinski definition) is 0. The van der Waals surface area contributed by atoms with E-state index >= 15 is 0 Å². The van der Waals surface area contributed by atoms with E-state index in [0.29, 0.717) is 0 Å². The minimum atomic E-state index is 0.918. The smallest absolute Gasteiger partial charge is 0.0715 e. The molecular weight excluding hydrogens is 631 g/mol. The molecule has 0 saturated carbocycles. The van der Waals surface area contributed by atoms with Crippen LogP contribution in [0.3, 0.4) is 0 Å². The normalized spacial score (nSPS) is 11.5. The van der Waals surface area contributed by atoms with Gasteiger partial charge in [0.25, 0.3) is 0 Å². The van der Waals surface area contributed by atoms with Crippen molar-refractivity contribution in [2.75, 3.05) is 0 Å². The van der Waals surface area contributed by atoms with Gasteiger partial charge in [-0.05, 0) is 99.4 Å². The Hall–Kier alpha value is -6.97. The number of rotatable bonds is 5. The van der Waals surface area contributed by atoms with Crippen LogP contribution >= 0.6 is 0 Å². The molecule has 0 aliphatic carbocycles. The van der Waals surface area contributed by atoms with Crippen molar-refractivity contribution in [3.05, 3.63) is 188 Å². The highest BCUT2D eigenvalue weighted by Crippen LogP contribution is 2.37. The van der Waals surface area contributed by atoms with Gasteiger partial charge in [-0.3, -0.25) is 0 Å². The molecule has 10 aromatic rings. The molecule has 3 aromatic heterocycles. The zero-order valence-corrected chi connectivity index (χ0v) is 28.2. The van der Waals surface area contributed by atoms with Crippen LogP contribution in [0, 0.1) is 0 Å². The number of aromatic nitrogens is 3. The molecule has 0 atom stereocenters. The summed E-state index contributed by atoms with van der Waals surface area (Å²) < 4.78 is 0. The summed E-state index contributed by atoms with van der Waals surface area (Å²) in [4.78, 5) is 15.6. The van der Waals surface area contributed by atoms with E-state index in [4.69, 9.17) is 15.0 Å². The summed E-state index contributed by atoms with van der Waals surface area (Å²) in [5.41, 5.74) is 12.0. The number of nitrogens with zero attached hydrogens (tertiary/aromatic N) is 3. The predicted octanol–water partition coefficient (Wildman–Crippen LogP) is 12.8. The molecule has 0 fully saturated rings. The first kappa shape index (κ1) is 29.9. The topological polar surface area (TPSA) is 38.7 Å². The Balaban J connectivity index is 1.21. The molecule has 3 heteroatoms. The van der Waals surface area contributed by atoms with E-state index in [-0.39, 0.29) is 0 Å².